The summed E-state index contributed by atoms with van der Waals surface area (Å²) in [5, 5.41) is 3.16. The maximum Gasteiger partial charge on any atom is 0.418 e. The molecule has 0 amide bonds. The highest BCUT2D eigenvalue weighted by Crippen LogP contribution is 2.39. The molecule has 13 nitrogen and oxygen atoms in total. The van der Waals surface area contributed by atoms with Crippen molar-refractivity contribution in [2.24, 2.45) is 5.14 Å². The average molecular weight is 1080 g/mol. The molecular weight excluding hydrogens is 1050 g/mol. The summed E-state index contributed by atoms with van der Waals surface area (Å²) in [4.78, 5) is 17.1. The third-order valence-corrected chi connectivity index (χ3v) is 11.8. The molecule has 0 aliphatic heterocycles. The number of hydrogen-bond acceptors (Lipinski definition) is 11. The van der Waals surface area contributed by atoms with Crippen LogP contribution in [0.2, 0.25) is 5.15 Å². The van der Waals surface area contributed by atoms with Crippen LogP contribution in [0.15, 0.2) is 142 Å². The fraction of sp³-hybridized carbons (Fsp3) is 0.140. The van der Waals surface area contributed by atoms with Crippen molar-refractivity contribution in [1.29, 1.82) is 0 Å². The van der Waals surface area contributed by atoms with Gasteiger partial charge >= 0.3 is 12.4 Å². The molecule has 0 bridgehead atoms. The van der Waals surface area contributed by atoms with Crippen molar-refractivity contribution in [1.82, 2.24) is 24.9 Å². The van der Waals surface area contributed by atoms with Crippen LogP contribution >= 0.6 is 22.3 Å². The molecule has 0 saturated carbocycles. The maximum atomic E-state index is 13.4. The summed E-state index contributed by atoms with van der Waals surface area (Å²) in [7, 11) is -7.25. The van der Waals surface area contributed by atoms with Crippen molar-refractivity contribution >= 4 is 57.2 Å². The first-order chi connectivity index (χ1) is 32.5. The van der Waals surface area contributed by atoms with Gasteiger partial charge in [0.2, 0.25) is 17.8 Å². The van der Waals surface area contributed by atoms with Crippen molar-refractivity contribution in [3.63, 3.8) is 0 Å². The van der Waals surface area contributed by atoms with E-state index < -0.39 is 91.2 Å². The quantitative estimate of drug-likeness (QED) is 0.0872. The zero-order chi connectivity index (χ0) is 52.8. The van der Waals surface area contributed by atoms with Crippen LogP contribution in [0.25, 0.3) is 22.5 Å². The van der Waals surface area contributed by atoms with Gasteiger partial charge in [-0.3, -0.25) is 4.72 Å². The molecule has 7 rings (SSSR count). The number of hydrogen-bond donors (Lipinski definition) is 2. The minimum Gasteiger partial charge on any atom is -0.262 e. The zero-order valence-corrected chi connectivity index (χ0v) is 40.2. The zero-order valence-electron chi connectivity index (χ0n) is 36.3. The monoisotopic (exact) mass is 1080 g/mol. The molecule has 374 valence electrons. The number of nitrogens with two attached hydrogens (primary N) is 1. The molecule has 0 saturated heterocycles. The van der Waals surface area contributed by atoms with Crippen LogP contribution < -0.4 is 9.86 Å². The lowest BCUT2D eigenvalue weighted by atomic mass is 10.0. The number of primary sulfonamides is 1. The Morgan fingerprint density at radius 2 is 0.886 bits per heavy atom. The van der Waals surface area contributed by atoms with Crippen LogP contribution in [0.4, 0.5) is 45.3 Å². The van der Waals surface area contributed by atoms with Crippen molar-refractivity contribution < 1.29 is 64.8 Å². The van der Waals surface area contributed by atoms with E-state index in [0.717, 1.165) is 72.3 Å². The lowest BCUT2D eigenvalue weighted by molar-refractivity contribution is -0.138. The van der Waals surface area contributed by atoms with Crippen LogP contribution in [0.1, 0.15) is 36.1 Å². The molecule has 0 spiro atoms. The Morgan fingerprint density at radius 3 is 1.27 bits per heavy atom. The van der Waals surface area contributed by atoms with E-state index in [9.17, 15) is 64.8 Å². The number of rotatable bonds is 7. The predicted octanol–water partition coefficient (Wildman–Crippen LogP) is 11.2. The van der Waals surface area contributed by atoms with E-state index in [1.165, 1.54) is 18.2 Å². The number of benzene rings is 2. The fourth-order valence-electron chi connectivity index (χ4n) is 5.30. The summed E-state index contributed by atoms with van der Waals surface area (Å²) >= 11 is 5.69. The first-order valence-electron chi connectivity index (χ1n) is 19.3. The molecule has 0 atom stereocenters. The lowest BCUT2D eigenvalue weighted by Gasteiger charge is -2.15. The topological polar surface area (TPSA) is 205 Å². The summed E-state index contributed by atoms with van der Waals surface area (Å²) in [5.41, 5.74) is -0.432. The number of sulfonamides is 2. The van der Waals surface area contributed by atoms with Crippen molar-refractivity contribution in [3.05, 3.63) is 173 Å². The number of nitrogens with one attached hydrogen (secondary N) is 1. The summed E-state index contributed by atoms with van der Waals surface area (Å²) in [6.45, 7) is 7.35. The second-order valence-electron chi connectivity index (χ2n) is 13.2. The standard InChI is InChI=1S/C18H13F4N3O2S.C13H9ClF3N.C5H3ClFNO2S.C5H5FN2O2S.C2H6/c1-11-5-2-3-6-12(11)17-13(18(20,21)22)9-10-15(24-17)25-28(26,27)16-8-4-7-14(19)23-16;1-8-4-2-3-5-9(8)12-10(13(15,16)17)6-7-11(14)18-12;6-11(9,10)5-3-1-2-4(7)8-5;6-4-2-1-3-5(8-4)11(7,9)10;1-2/h2-10H,1H3,(H,24,25);2-7H,1H3;1-3H;1-3H,(H2,7,9,10);1-2H3. The van der Waals surface area contributed by atoms with E-state index in [2.05, 4.69) is 30.1 Å². The largest absolute Gasteiger partial charge is 0.418 e. The normalized spacial score (nSPS) is 11.5. The Kier molecular flexibility index (Phi) is 20.4. The van der Waals surface area contributed by atoms with Gasteiger partial charge in [-0.25, -0.2) is 46.9 Å². The first-order valence-corrected chi connectivity index (χ1v) is 25.0. The van der Waals surface area contributed by atoms with E-state index in [1.54, 1.807) is 56.3 Å². The van der Waals surface area contributed by atoms with Gasteiger partial charge in [-0.15, -0.1) is 0 Å². The highest BCUT2D eigenvalue weighted by molar-refractivity contribution is 8.13. The van der Waals surface area contributed by atoms with Gasteiger partial charge in [0.05, 0.1) is 22.5 Å². The van der Waals surface area contributed by atoms with Crippen molar-refractivity contribution in [2.45, 2.75) is 55.1 Å². The van der Waals surface area contributed by atoms with Gasteiger partial charge in [-0.05, 0) is 85.6 Å². The van der Waals surface area contributed by atoms with Crippen LogP contribution in [0.5, 0.6) is 0 Å². The molecule has 70 heavy (non-hydrogen) atoms. The Morgan fingerprint density at radius 1 is 0.500 bits per heavy atom. The molecule has 0 unspecified atom stereocenters. The Bertz CT molecular complexity index is 3190. The Balaban J connectivity index is 0.000000264. The molecular formula is C43H36Cl2F9N7O6S3. The molecule has 5 heterocycles. The van der Waals surface area contributed by atoms with Crippen molar-refractivity contribution in [2.75, 3.05) is 4.72 Å². The average Bonchev–Trinajstić information content (AvgIpc) is 3.27. The molecule has 27 heteroatoms. The minimum absolute atomic E-state index is 0.0428. The number of alkyl halides is 6. The van der Waals surface area contributed by atoms with Crippen LogP contribution in [-0.2, 0) is 41.5 Å². The second kappa shape index (κ2) is 24.5. The number of pyridine rings is 5. The van der Waals surface area contributed by atoms with Gasteiger partial charge in [0.1, 0.15) is 11.0 Å². The summed E-state index contributed by atoms with van der Waals surface area (Å²) in [5.74, 6) is -3.09. The van der Waals surface area contributed by atoms with Gasteiger partial charge in [0.15, 0.2) is 15.1 Å². The predicted molar refractivity (Wildman–Crippen MR) is 243 cm³/mol. The van der Waals surface area contributed by atoms with E-state index in [4.69, 9.17) is 22.3 Å². The number of halogens is 11. The van der Waals surface area contributed by atoms with Gasteiger partial charge in [-0.1, -0.05) is 92.2 Å². The molecule has 3 N–H and O–H groups in total. The smallest absolute Gasteiger partial charge is 0.262 e. The molecule has 7 aromatic rings. The van der Waals surface area contributed by atoms with Gasteiger partial charge in [-0.2, -0.15) is 47.9 Å². The Labute approximate surface area is 405 Å². The molecule has 0 aliphatic rings. The summed E-state index contributed by atoms with van der Waals surface area (Å²) in [6.07, 6.45) is -9.14. The van der Waals surface area contributed by atoms with Crippen LogP contribution in [0, 0.1) is 31.7 Å². The van der Waals surface area contributed by atoms with E-state index in [0.29, 0.717) is 11.1 Å². The third-order valence-electron chi connectivity index (χ3n) is 8.29. The maximum absolute atomic E-state index is 13.4. The number of nitrogens with zero attached hydrogens (tertiary/aromatic N) is 5. The van der Waals surface area contributed by atoms with E-state index >= 15 is 0 Å². The van der Waals surface area contributed by atoms with Crippen molar-refractivity contribution in [3.8, 4) is 22.5 Å². The first kappa shape index (κ1) is 58.1. The minimum atomic E-state index is -4.69. The van der Waals surface area contributed by atoms with E-state index in [-0.39, 0.29) is 22.2 Å². The number of aromatic nitrogens is 5. The van der Waals surface area contributed by atoms with Gasteiger partial charge in [0, 0.05) is 21.8 Å². The molecule has 0 fully saturated rings. The van der Waals surface area contributed by atoms with E-state index in [1.807, 2.05) is 18.6 Å². The lowest BCUT2D eigenvalue weighted by Crippen LogP contribution is -2.17. The molecule has 2 aromatic carbocycles. The SMILES string of the molecule is CC.Cc1ccccc1-c1nc(Cl)ccc1C(F)(F)F.Cc1ccccc1-c1nc(NS(=O)(=O)c2cccc(F)n2)ccc1C(F)(F)F.NS(=O)(=O)c1cccc(F)n1.O=S(=O)(Cl)c1cccc(F)n1. The van der Waals surface area contributed by atoms with Crippen LogP contribution in [0.3, 0.4) is 0 Å². The Hall–Kier alpha value is -6.25. The summed E-state index contributed by atoms with van der Waals surface area (Å²) in [6, 6.07) is 26.7. The summed E-state index contributed by atoms with van der Waals surface area (Å²) < 4.78 is 186. The second-order valence-corrected chi connectivity index (χ2v) is 19.3. The van der Waals surface area contributed by atoms with Gasteiger partial charge in [0.25, 0.3) is 29.1 Å². The molecule has 0 radical (unpaired) electrons. The molecule has 5 aromatic heterocycles. The highest BCUT2D eigenvalue weighted by atomic mass is 35.7. The molecule has 0 aliphatic carbocycles. The highest BCUT2D eigenvalue weighted by Gasteiger charge is 2.36. The third kappa shape index (κ3) is 17.3. The number of aryl methyl sites for hydroxylation is 2. The fourth-order valence-corrected chi connectivity index (χ4v) is 7.58. The number of anilines is 1. The van der Waals surface area contributed by atoms with Crippen LogP contribution in [-0.4, -0.2) is 50.2 Å². The van der Waals surface area contributed by atoms with Gasteiger partial charge < -0.3 is 0 Å².